The molecule has 0 fully saturated rings. The molecule has 1 aromatic rings. The summed E-state index contributed by atoms with van der Waals surface area (Å²) in [5.41, 5.74) is 0.303. The molecule has 0 radical (unpaired) electrons. The number of alkyl halides is 3. The molecule has 0 aliphatic carbocycles. The first kappa shape index (κ1) is 16.3. The van der Waals surface area contributed by atoms with Crippen LogP contribution in [-0.4, -0.2) is 36.6 Å². The summed E-state index contributed by atoms with van der Waals surface area (Å²) in [5.74, 6) is -0.841. The van der Waals surface area contributed by atoms with Gasteiger partial charge in [0.25, 0.3) is 0 Å². The minimum absolute atomic E-state index is 0.0202. The van der Waals surface area contributed by atoms with E-state index in [1.165, 1.54) is 18.2 Å². The molecule has 1 N–H and O–H groups in total. The lowest BCUT2D eigenvalue weighted by Gasteiger charge is -2.15. The highest BCUT2D eigenvalue weighted by molar-refractivity contribution is 5.74. The monoisotopic (exact) mass is 292 g/mol. The van der Waals surface area contributed by atoms with Crippen molar-refractivity contribution in [2.24, 2.45) is 0 Å². The number of aliphatic hydroxyl groups is 1. The standard InChI is InChI=1S/C13H15F3O4/c1-2-19-12(18)10(17)7-9-5-3-4-6-11(9)20-8-13(14,15)16/h3-6,10,17H,2,7-8H2,1H3. The second kappa shape index (κ2) is 7.14. The van der Waals surface area contributed by atoms with Gasteiger partial charge in [0.05, 0.1) is 6.61 Å². The van der Waals surface area contributed by atoms with Crippen LogP contribution in [0, 0.1) is 0 Å². The smallest absolute Gasteiger partial charge is 0.422 e. The number of para-hydroxylation sites is 1. The molecule has 0 heterocycles. The Bertz CT molecular complexity index is 445. The van der Waals surface area contributed by atoms with Gasteiger partial charge >= 0.3 is 12.1 Å². The lowest BCUT2D eigenvalue weighted by atomic mass is 10.1. The van der Waals surface area contributed by atoms with Crippen LogP contribution in [-0.2, 0) is 16.0 Å². The molecule has 0 spiro atoms. The van der Waals surface area contributed by atoms with Crippen LogP contribution in [0.3, 0.4) is 0 Å². The lowest BCUT2D eigenvalue weighted by Crippen LogP contribution is -2.26. The summed E-state index contributed by atoms with van der Waals surface area (Å²) in [6, 6.07) is 5.91. The Labute approximate surface area is 114 Å². The van der Waals surface area contributed by atoms with Crippen LogP contribution in [0.25, 0.3) is 0 Å². The van der Waals surface area contributed by atoms with Gasteiger partial charge in [-0.05, 0) is 18.6 Å². The van der Waals surface area contributed by atoms with Gasteiger partial charge in [0.1, 0.15) is 5.75 Å². The molecule has 7 heteroatoms. The van der Waals surface area contributed by atoms with Crippen molar-refractivity contribution >= 4 is 5.97 Å². The quantitative estimate of drug-likeness (QED) is 0.816. The van der Waals surface area contributed by atoms with E-state index >= 15 is 0 Å². The maximum absolute atomic E-state index is 12.1. The highest BCUT2D eigenvalue weighted by Gasteiger charge is 2.29. The SMILES string of the molecule is CCOC(=O)C(O)Cc1ccccc1OCC(F)(F)F. The van der Waals surface area contributed by atoms with E-state index < -0.39 is 24.9 Å². The molecule has 112 valence electrons. The molecule has 0 saturated carbocycles. The number of benzene rings is 1. The maximum atomic E-state index is 12.1. The van der Waals surface area contributed by atoms with Crippen molar-refractivity contribution < 1.29 is 32.5 Å². The van der Waals surface area contributed by atoms with Crippen LogP contribution in [0.1, 0.15) is 12.5 Å². The second-order valence-corrected chi connectivity index (χ2v) is 3.98. The maximum Gasteiger partial charge on any atom is 0.422 e. The molecule has 1 atom stereocenters. The number of aliphatic hydroxyl groups excluding tert-OH is 1. The van der Waals surface area contributed by atoms with E-state index in [0.717, 1.165) is 0 Å². The third-order valence-electron chi connectivity index (χ3n) is 2.34. The fraction of sp³-hybridized carbons (Fsp3) is 0.462. The number of esters is 1. The largest absolute Gasteiger partial charge is 0.484 e. The Hall–Kier alpha value is -1.76. The first-order chi connectivity index (χ1) is 9.33. The van der Waals surface area contributed by atoms with E-state index in [1.54, 1.807) is 13.0 Å². The Morgan fingerprint density at radius 2 is 2.00 bits per heavy atom. The third-order valence-corrected chi connectivity index (χ3v) is 2.34. The summed E-state index contributed by atoms with van der Waals surface area (Å²) in [6.07, 6.45) is -6.06. The van der Waals surface area contributed by atoms with Crippen molar-refractivity contribution in [2.75, 3.05) is 13.2 Å². The summed E-state index contributed by atoms with van der Waals surface area (Å²) in [5, 5.41) is 9.60. The van der Waals surface area contributed by atoms with Gasteiger partial charge in [-0.15, -0.1) is 0 Å². The Balaban J connectivity index is 2.72. The zero-order valence-electron chi connectivity index (χ0n) is 10.8. The van der Waals surface area contributed by atoms with Crippen LogP contribution in [0.4, 0.5) is 13.2 Å². The highest BCUT2D eigenvalue weighted by Crippen LogP contribution is 2.23. The molecular formula is C13H15F3O4. The molecule has 0 aliphatic rings. The lowest BCUT2D eigenvalue weighted by molar-refractivity contribution is -0.154. The van der Waals surface area contributed by atoms with Crippen LogP contribution < -0.4 is 4.74 Å². The van der Waals surface area contributed by atoms with Crippen molar-refractivity contribution in [3.8, 4) is 5.75 Å². The number of carbonyl (C=O) groups excluding carboxylic acids is 1. The van der Waals surface area contributed by atoms with Gasteiger partial charge in [0.15, 0.2) is 12.7 Å². The molecule has 0 amide bonds. The topological polar surface area (TPSA) is 55.8 Å². The van der Waals surface area contributed by atoms with E-state index in [4.69, 9.17) is 0 Å². The van der Waals surface area contributed by atoms with E-state index in [2.05, 4.69) is 9.47 Å². The molecule has 0 bridgehead atoms. The minimum atomic E-state index is -4.45. The van der Waals surface area contributed by atoms with Crippen molar-refractivity contribution in [3.63, 3.8) is 0 Å². The molecule has 1 unspecified atom stereocenters. The fourth-order valence-electron chi connectivity index (χ4n) is 1.50. The summed E-state index contributed by atoms with van der Waals surface area (Å²) < 4.78 is 45.6. The molecule has 0 aliphatic heterocycles. The number of rotatable bonds is 6. The molecule has 1 aromatic carbocycles. The summed E-state index contributed by atoms with van der Waals surface area (Å²) in [7, 11) is 0. The average Bonchev–Trinajstić information content (AvgIpc) is 2.37. The second-order valence-electron chi connectivity index (χ2n) is 3.98. The summed E-state index contributed by atoms with van der Waals surface area (Å²) in [4.78, 5) is 11.3. The van der Waals surface area contributed by atoms with Crippen LogP contribution in [0.2, 0.25) is 0 Å². The molecular weight excluding hydrogens is 277 g/mol. The van der Waals surface area contributed by atoms with Gasteiger partial charge in [-0.25, -0.2) is 4.79 Å². The number of hydrogen-bond acceptors (Lipinski definition) is 4. The molecule has 0 aromatic heterocycles. The molecule has 0 saturated heterocycles. The summed E-state index contributed by atoms with van der Waals surface area (Å²) in [6.45, 7) is 0.270. The van der Waals surface area contributed by atoms with Gasteiger partial charge in [-0.1, -0.05) is 18.2 Å². The van der Waals surface area contributed by atoms with E-state index in [9.17, 15) is 23.1 Å². The minimum Gasteiger partial charge on any atom is -0.484 e. The van der Waals surface area contributed by atoms with Gasteiger partial charge in [0, 0.05) is 6.42 Å². The van der Waals surface area contributed by atoms with E-state index in [0.29, 0.717) is 5.56 Å². The normalized spacial score (nSPS) is 12.8. The Morgan fingerprint density at radius 1 is 1.35 bits per heavy atom. The number of halogens is 3. The van der Waals surface area contributed by atoms with Gasteiger partial charge in [-0.2, -0.15) is 13.2 Å². The molecule has 20 heavy (non-hydrogen) atoms. The first-order valence-corrected chi connectivity index (χ1v) is 5.95. The predicted molar refractivity (Wildman–Crippen MR) is 64.3 cm³/mol. The Kier molecular flexibility index (Phi) is 5.82. The fourth-order valence-corrected chi connectivity index (χ4v) is 1.50. The zero-order valence-corrected chi connectivity index (χ0v) is 10.8. The van der Waals surface area contributed by atoms with Crippen molar-refractivity contribution in [1.29, 1.82) is 0 Å². The van der Waals surface area contributed by atoms with Crippen LogP contribution in [0.15, 0.2) is 24.3 Å². The first-order valence-electron chi connectivity index (χ1n) is 5.95. The zero-order chi connectivity index (χ0) is 15.2. The number of hydrogen-bond donors (Lipinski definition) is 1. The average molecular weight is 292 g/mol. The van der Waals surface area contributed by atoms with Crippen LogP contribution in [0.5, 0.6) is 5.75 Å². The third kappa shape index (κ3) is 5.48. The van der Waals surface area contributed by atoms with Gasteiger partial charge in [-0.3, -0.25) is 0 Å². The van der Waals surface area contributed by atoms with Gasteiger partial charge in [0.2, 0.25) is 0 Å². The van der Waals surface area contributed by atoms with Gasteiger partial charge < -0.3 is 14.6 Å². The predicted octanol–water partition coefficient (Wildman–Crippen LogP) is 2.09. The van der Waals surface area contributed by atoms with E-state index in [-0.39, 0.29) is 18.8 Å². The number of ether oxygens (including phenoxy) is 2. The highest BCUT2D eigenvalue weighted by atomic mass is 19.4. The van der Waals surface area contributed by atoms with Crippen molar-refractivity contribution in [1.82, 2.24) is 0 Å². The van der Waals surface area contributed by atoms with E-state index in [1.807, 2.05) is 0 Å². The van der Waals surface area contributed by atoms with Crippen molar-refractivity contribution in [3.05, 3.63) is 29.8 Å². The summed E-state index contributed by atoms with van der Waals surface area (Å²) >= 11 is 0. The van der Waals surface area contributed by atoms with Crippen molar-refractivity contribution in [2.45, 2.75) is 25.6 Å². The number of carbonyl (C=O) groups is 1. The van der Waals surface area contributed by atoms with Crippen LogP contribution >= 0.6 is 0 Å². The Morgan fingerprint density at radius 3 is 2.60 bits per heavy atom. The molecule has 1 rings (SSSR count). The molecule has 4 nitrogen and oxygen atoms in total.